The van der Waals surface area contributed by atoms with E-state index in [-0.39, 0.29) is 16.7 Å². The van der Waals surface area contributed by atoms with E-state index in [9.17, 15) is 13.6 Å². The Kier molecular flexibility index (Phi) is 6.16. The van der Waals surface area contributed by atoms with Gasteiger partial charge in [0.2, 0.25) is 5.91 Å². The molecule has 2 aromatic rings. The number of thioether (sulfide) groups is 1. The SMILES string of the molecule is C[C@H](Sc1cc(F)ccc1F)C(=O)NC[C@H](C)c1ccccc1. The van der Waals surface area contributed by atoms with Crippen LogP contribution in [0.25, 0.3) is 0 Å². The highest BCUT2D eigenvalue weighted by Crippen LogP contribution is 2.27. The first kappa shape index (κ1) is 17.5. The Labute approximate surface area is 139 Å². The van der Waals surface area contributed by atoms with Crippen molar-refractivity contribution < 1.29 is 13.6 Å². The van der Waals surface area contributed by atoms with E-state index in [0.717, 1.165) is 35.5 Å². The molecule has 2 atom stereocenters. The van der Waals surface area contributed by atoms with Crippen molar-refractivity contribution in [2.24, 2.45) is 0 Å². The summed E-state index contributed by atoms with van der Waals surface area (Å²) in [5, 5.41) is 2.35. The van der Waals surface area contributed by atoms with E-state index in [1.54, 1.807) is 6.92 Å². The van der Waals surface area contributed by atoms with Crippen molar-refractivity contribution in [2.75, 3.05) is 6.54 Å². The van der Waals surface area contributed by atoms with Crippen LogP contribution in [-0.2, 0) is 4.79 Å². The molecule has 0 saturated heterocycles. The lowest BCUT2D eigenvalue weighted by atomic mass is 10.0. The van der Waals surface area contributed by atoms with Crippen molar-refractivity contribution in [3.05, 3.63) is 65.7 Å². The highest BCUT2D eigenvalue weighted by atomic mass is 32.2. The maximum absolute atomic E-state index is 13.6. The molecule has 23 heavy (non-hydrogen) atoms. The monoisotopic (exact) mass is 335 g/mol. The minimum atomic E-state index is -0.520. The Morgan fingerprint density at radius 1 is 1.13 bits per heavy atom. The van der Waals surface area contributed by atoms with E-state index in [0.29, 0.717) is 6.54 Å². The minimum absolute atomic E-state index is 0.142. The van der Waals surface area contributed by atoms with Gasteiger partial charge in [-0.25, -0.2) is 8.78 Å². The lowest BCUT2D eigenvalue weighted by molar-refractivity contribution is -0.120. The van der Waals surface area contributed by atoms with Gasteiger partial charge in [0, 0.05) is 11.4 Å². The van der Waals surface area contributed by atoms with Gasteiger partial charge in [0.1, 0.15) is 11.6 Å². The maximum Gasteiger partial charge on any atom is 0.233 e. The molecule has 0 aliphatic carbocycles. The van der Waals surface area contributed by atoms with Crippen LogP contribution < -0.4 is 5.32 Å². The topological polar surface area (TPSA) is 29.1 Å². The molecule has 0 aliphatic rings. The van der Waals surface area contributed by atoms with Crippen LogP contribution >= 0.6 is 11.8 Å². The molecule has 0 unspecified atom stereocenters. The molecule has 0 spiro atoms. The van der Waals surface area contributed by atoms with Crippen molar-refractivity contribution in [3.63, 3.8) is 0 Å². The van der Waals surface area contributed by atoms with Crippen LogP contribution in [0.2, 0.25) is 0 Å². The standard InChI is InChI=1S/C18H19F2NOS/c1-12(14-6-4-3-5-7-14)11-21-18(22)13(2)23-17-10-15(19)8-9-16(17)20/h3-10,12-13H,11H2,1-2H3,(H,21,22)/t12-,13-/m0/s1. The Morgan fingerprint density at radius 2 is 1.83 bits per heavy atom. The first-order valence-corrected chi connectivity index (χ1v) is 8.29. The quantitative estimate of drug-likeness (QED) is 0.795. The normalized spacial score (nSPS) is 13.4. The zero-order chi connectivity index (χ0) is 16.8. The van der Waals surface area contributed by atoms with E-state index in [1.807, 2.05) is 37.3 Å². The third-order valence-electron chi connectivity index (χ3n) is 3.52. The van der Waals surface area contributed by atoms with Crippen LogP contribution in [0.1, 0.15) is 25.3 Å². The first-order chi connectivity index (χ1) is 11.0. The number of amides is 1. The van der Waals surface area contributed by atoms with Gasteiger partial charge in [-0.2, -0.15) is 0 Å². The van der Waals surface area contributed by atoms with Gasteiger partial charge in [0.15, 0.2) is 0 Å². The number of carbonyl (C=O) groups is 1. The smallest absolute Gasteiger partial charge is 0.233 e. The maximum atomic E-state index is 13.6. The van der Waals surface area contributed by atoms with Gasteiger partial charge in [-0.05, 0) is 36.6 Å². The number of hydrogen-bond acceptors (Lipinski definition) is 2. The summed E-state index contributed by atoms with van der Waals surface area (Å²) in [7, 11) is 0. The fourth-order valence-electron chi connectivity index (χ4n) is 2.11. The molecule has 2 aromatic carbocycles. The molecule has 2 rings (SSSR count). The molecule has 122 valence electrons. The van der Waals surface area contributed by atoms with Crippen molar-refractivity contribution in [1.82, 2.24) is 5.32 Å². The van der Waals surface area contributed by atoms with Crippen molar-refractivity contribution >= 4 is 17.7 Å². The molecule has 0 radical (unpaired) electrons. The number of hydrogen-bond donors (Lipinski definition) is 1. The van der Waals surface area contributed by atoms with Gasteiger partial charge in [-0.15, -0.1) is 11.8 Å². The Balaban J connectivity index is 1.89. The summed E-state index contributed by atoms with van der Waals surface area (Å²) in [5.41, 5.74) is 1.14. The number of nitrogens with one attached hydrogen (secondary N) is 1. The Hall–Kier alpha value is -1.88. The van der Waals surface area contributed by atoms with Crippen molar-refractivity contribution in [2.45, 2.75) is 29.9 Å². The fourth-order valence-corrected chi connectivity index (χ4v) is 3.04. The highest BCUT2D eigenvalue weighted by Gasteiger charge is 2.17. The fraction of sp³-hybridized carbons (Fsp3) is 0.278. The summed E-state index contributed by atoms with van der Waals surface area (Å²) in [4.78, 5) is 12.3. The highest BCUT2D eigenvalue weighted by molar-refractivity contribution is 8.00. The molecule has 1 amide bonds. The summed E-state index contributed by atoms with van der Waals surface area (Å²) >= 11 is 1.01. The van der Waals surface area contributed by atoms with Gasteiger partial charge in [-0.3, -0.25) is 4.79 Å². The lowest BCUT2D eigenvalue weighted by Gasteiger charge is -2.16. The predicted octanol–water partition coefficient (Wildman–Crippen LogP) is 4.37. The second-order valence-electron chi connectivity index (χ2n) is 5.39. The second kappa shape index (κ2) is 8.11. The van der Waals surface area contributed by atoms with Gasteiger partial charge in [-0.1, -0.05) is 37.3 Å². The lowest BCUT2D eigenvalue weighted by Crippen LogP contribution is -2.33. The summed E-state index contributed by atoms with van der Waals surface area (Å²) < 4.78 is 26.8. The molecule has 2 nitrogen and oxygen atoms in total. The van der Waals surface area contributed by atoms with Gasteiger partial charge < -0.3 is 5.32 Å². The number of halogens is 2. The van der Waals surface area contributed by atoms with Crippen LogP contribution in [0.5, 0.6) is 0 Å². The third kappa shape index (κ3) is 5.06. The third-order valence-corrected chi connectivity index (χ3v) is 4.65. The molecule has 0 aromatic heterocycles. The number of rotatable bonds is 6. The summed E-state index contributed by atoms with van der Waals surface area (Å²) in [6.07, 6.45) is 0. The molecule has 0 fully saturated rings. The van der Waals surface area contributed by atoms with Gasteiger partial charge >= 0.3 is 0 Å². The zero-order valence-electron chi connectivity index (χ0n) is 13.1. The molecular weight excluding hydrogens is 316 g/mol. The molecule has 5 heteroatoms. The van der Waals surface area contributed by atoms with Crippen molar-refractivity contribution in [3.8, 4) is 0 Å². The van der Waals surface area contributed by atoms with Gasteiger partial charge in [0.05, 0.1) is 5.25 Å². The molecule has 0 heterocycles. The summed E-state index contributed by atoms with van der Waals surface area (Å²) in [6.45, 7) is 4.20. The number of benzene rings is 2. The average Bonchev–Trinajstić information content (AvgIpc) is 2.56. The van der Waals surface area contributed by atoms with E-state index >= 15 is 0 Å². The summed E-state index contributed by atoms with van der Waals surface area (Å²) in [6, 6.07) is 13.1. The van der Waals surface area contributed by atoms with Crippen LogP contribution in [0.4, 0.5) is 8.78 Å². The van der Waals surface area contributed by atoms with Crippen LogP contribution in [0.15, 0.2) is 53.4 Å². The van der Waals surface area contributed by atoms with E-state index in [2.05, 4.69) is 5.32 Å². The molecule has 0 saturated carbocycles. The zero-order valence-corrected chi connectivity index (χ0v) is 13.9. The second-order valence-corrected chi connectivity index (χ2v) is 6.77. The molecular formula is C18H19F2NOS. The summed E-state index contributed by atoms with van der Waals surface area (Å²) in [5.74, 6) is -1.04. The van der Waals surface area contributed by atoms with E-state index in [1.165, 1.54) is 0 Å². The predicted molar refractivity (Wildman–Crippen MR) is 89.5 cm³/mol. The van der Waals surface area contributed by atoms with Crippen molar-refractivity contribution in [1.29, 1.82) is 0 Å². The largest absolute Gasteiger partial charge is 0.355 e. The Morgan fingerprint density at radius 3 is 2.52 bits per heavy atom. The van der Waals surface area contributed by atoms with Gasteiger partial charge in [0.25, 0.3) is 0 Å². The molecule has 0 bridgehead atoms. The van der Waals surface area contributed by atoms with Crippen LogP contribution in [0, 0.1) is 11.6 Å². The first-order valence-electron chi connectivity index (χ1n) is 7.41. The molecule has 0 aliphatic heterocycles. The molecule has 1 N–H and O–H groups in total. The van der Waals surface area contributed by atoms with E-state index in [4.69, 9.17) is 0 Å². The van der Waals surface area contributed by atoms with Crippen LogP contribution in [-0.4, -0.2) is 17.7 Å². The van der Waals surface area contributed by atoms with Crippen LogP contribution in [0.3, 0.4) is 0 Å². The van der Waals surface area contributed by atoms with E-state index < -0.39 is 16.9 Å². The average molecular weight is 335 g/mol. The Bertz CT molecular complexity index is 663. The minimum Gasteiger partial charge on any atom is -0.355 e. The number of carbonyl (C=O) groups excluding carboxylic acids is 1.